The zero-order valence-electron chi connectivity index (χ0n) is 24.4. The topological polar surface area (TPSA) is 58.5 Å². The number of alkyl halides is 3. The summed E-state index contributed by atoms with van der Waals surface area (Å²) in [7, 11) is 4.06. The summed E-state index contributed by atoms with van der Waals surface area (Å²) in [5.41, 5.74) is 4.31. The third-order valence-corrected chi connectivity index (χ3v) is 9.09. The molecule has 2 atom stereocenters. The van der Waals surface area contributed by atoms with Crippen molar-refractivity contribution in [2.45, 2.75) is 50.9 Å². The number of furan rings is 2. The van der Waals surface area contributed by atoms with Crippen LogP contribution in [0.2, 0.25) is 0 Å². The first-order valence-corrected chi connectivity index (χ1v) is 14.8. The van der Waals surface area contributed by atoms with E-state index in [1.807, 2.05) is 37.2 Å². The first-order chi connectivity index (χ1) is 20.7. The molecule has 2 fully saturated rings. The second kappa shape index (κ2) is 10.6. The highest BCUT2D eigenvalue weighted by atomic mass is 19.4. The Balaban J connectivity index is 0.000000141. The lowest BCUT2D eigenvalue weighted by atomic mass is 9.96. The van der Waals surface area contributed by atoms with Crippen LogP contribution in [0.3, 0.4) is 0 Å². The number of hydrogen-bond donors (Lipinski definition) is 0. The monoisotopic (exact) mass is 586 g/mol. The number of pyridine rings is 2. The van der Waals surface area contributed by atoms with E-state index in [0.717, 1.165) is 36.4 Å². The maximum atomic E-state index is 13.9. The molecule has 6 heterocycles. The Morgan fingerprint density at radius 3 is 1.91 bits per heavy atom. The summed E-state index contributed by atoms with van der Waals surface area (Å²) in [6, 6.07) is 15.3. The van der Waals surface area contributed by atoms with E-state index in [9.17, 15) is 13.2 Å². The summed E-state index contributed by atoms with van der Waals surface area (Å²) in [5, 5.41) is 3.01. The third kappa shape index (κ3) is 4.75. The molecule has 6 aromatic rings. The van der Waals surface area contributed by atoms with Crippen molar-refractivity contribution in [3.8, 4) is 0 Å². The molecule has 43 heavy (non-hydrogen) atoms. The van der Waals surface area contributed by atoms with Crippen molar-refractivity contribution in [3.63, 3.8) is 0 Å². The van der Waals surface area contributed by atoms with Gasteiger partial charge in [0.05, 0.1) is 16.6 Å². The van der Waals surface area contributed by atoms with Gasteiger partial charge in [0.2, 0.25) is 5.71 Å². The summed E-state index contributed by atoms with van der Waals surface area (Å²) in [4.78, 5) is 13.1. The lowest BCUT2D eigenvalue weighted by Gasteiger charge is -2.23. The van der Waals surface area contributed by atoms with Crippen LogP contribution >= 0.6 is 0 Å². The first kappa shape index (κ1) is 27.9. The fraction of sp³-hybridized carbons (Fsp3) is 0.353. The van der Waals surface area contributed by atoms with Crippen molar-refractivity contribution in [1.82, 2.24) is 19.8 Å². The Bertz CT molecular complexity index is 1960. The van der Waals surface area contributed by atoms with Crippen LogP contribution in [0.1, 0.15) is 60.2 Å². The second-order valence-corrected chi connectivity index (χ2v) is 11.7. The van der Waals surface area contributed by atoms with Crippen LogP contribution in [0.25, 0.3) is 44.0 Å². The molecule has 2 aliphatic heterocycles. The standard InChI is InChI=1S/C17H15F3N2O.C17H18N2O/c1-22-8-4-6-12(22)11-9-21-16-14(15(11)17(18,19)20)10-5-2-3-7-13(10)23-16;1-11-17-16(12-6-3-4-8-15(12)20-17)13(10-18-11)14-7-5-9-19(14)2/h2-3,5,7,9,12H,4,6,8H2,1H3;3-4,6,8,10,14H,5,7,9H2,1-2H3/t12-;14-/m00/s1. The minimum atomic E-state index is -4.45. The van der Waals surface area contributed by atoms with Crippen LogP contribution in [0, 0.1) is 6.92 Å². The number of rotatable bonds is 2. The Morgan fingerprint density at radius 2 is 1.30 bits per heavy atom. The molecule has 0 aliphatic carbocycles. The van der Waals surface area contributed by atoms with Crippen LogP contribution < -0.4 is 0 Å². The van der Waals surface area contributed by atoms with Gasteiger partial charge in [-0.25, -0.2) is 4.98 Å². The number of hydrogen-bond acceptors (Lipinski definition) is 6. The largest absolute Gasteiger partial charge is 0.454 e. The molecular formula is C34H33F3N4O2. The highest BCUT2D eigenvalue weighted by Gasteiger charge is 2.40. The molecule has 0 bridgehead atoms. The third-order valence-electron chi connectivity index (χ3n) is 9.09. The van der Waals surface area contributed by atoms with Crippen LogP contribution in [-0.2, 0) is 6.18 Å². The SMILES string of the molecule is CN1CCC[C@H]1c1cnc2oc3ccccc3c2c1C(F)(F)F.Cc1ncc([C@@H]2CCCN2C)c2c1oc1ccccc12. The highest BCUT2D eigenvalue weighted by molar-refractivity contribution is 6.07. The molecule has 0 saturated carbocycles. The van der Waals surface area contributed by atoms with E-state index in [4.69, 9.17) is 8.83 Å². The van der Waals surface area contributed by atoms with Crippen LogP contribution in [0.15, 0.2) is 69.8 Å². The van der Waals surface area contributed by atoms with E-state index in [1.54, 1.807) is 24.3 Å². The number of benzene rings is 2. The molecule has 2 saturated heterocycles. The summed E-state index contributed by atoms with van der Waals surface area (Å²) in [6.07, 6.45) is 2.99. The summed E-state index contributed by atoms with van der Waals surface area (Å²) >= 11 is 0. The number of likely N-dealkylation sites (tertiary alicyclic amines) is 2. The van der Waals surface area contributed by atoms with Crippen molar-refractivity contribution in [1.29, 1.82) is 0 Å². The molecule has 0 spiro atoms. The fourth-order valence-corrected chi connectivity index (χ4v) is 7.00. The lowest BCUT2D eigenvalue weighted by Crippen LogP contribution is -2.21. The Kier molecular flexibility index (Phi) is 6.90. The molecule has 2 aliphatic rings. The lowest BCUT2D eigenvalue weighted by molar-refractivity contribution is -0.137. The predicted molar refractivity (Wildman–Crippen MR) is 162 cm³/mol. The van der Waals surface area contributed by atoms with E-state index in [2.05, 4.69) is 34.0 Å². The number of fused-ring (bicyclic) bond motifs is 6. The van der Waals surface area contributed by atoms with Crippen LogP contribution in [0.5, 0.6) is 0 Å². The average molecular weight is 587 g/mol. The second-order valence-electron chi connectivity index (χ2n) is 11.7. The van der Waals surface area contributed by atoms with Gasteiger partial charge in [-0.2, -0.15) is 13.2 Å². The smallest absolute Gasteiger partial charge is 0.417 e. The fourth-order valence-electron chi connectivity index (χ4n) is 7.00. The van der Waals surface area contributed by atoms with Gasteiger partial charge in [-0.3, -0.25) is 14.8 Å². The van der Waals surface area contributed by atoms with Crippen molar-refractivity contribution in [2.75, 3.05) is 27.2 Å². The molecule has 2 aromatic carbocycles. The molecule has 0 radical (unpaired) electrons. The molecule has 6 nitrogen and oxygen atoms in total. The maximum absolute atomic E-state index is 13.9. The van der Waals surface area contributed by atoms with Gasteiger partial charge in [0.1, 0.15) is 11.2 Å². The zero-order valence-corrected chi connectivity index (χ0v) is 24.4. The minimum absolute atomic E-state index is 0.0444. The van der Waals surface area contributed by atoms with Gasteiger partial charge in [0.25, 0.3) is 0 Å². The Labute approximate surface area is 247 Å². The van der Waals surface area contributed by atoms with Gasteiger partial charge < -0.3 is 8.83 Å². The number of para-hydroxylation sites is 2. The van der Waals surface area contributed by atoms with Gasteiger partial charge >= 0.3 is 6.18 Å². The predicted octanol–water partition coefficient (Wildman–Crippen LogP) is 8.82. The first-order valence-electron chi connectivity index (χ1n) is 14.8. The van der Waals surface area contributed by atoms with E-state index in [1.165, 1.54) is 35.4 Å². The molecule has 0 unspecified atom stereocenters. The van der Waals surface area contributed by atoms with Gasteiger partial charge in [0.15, 0.2) is 5.58 Å². The van der Waals surface area contributed by atoms with Crippen molar-refractivity contribution < 1.29 is 22.0 Å². The minimum Gasteiger partial charge on any atom is -0.454 e. The number of nitrogens with zero attached hydrogens (tertiary/aromatic N) is 4. The molecule has 8 rings (SSSR count). The maximum Gasteiger partial charge on any atom is 0.417 e. The number of aryl methyl sites for hydroxylation is 1. The zero-order chi connectivity index (χ0) is 29.9. The quantitative estimate of drug-likeness (QED) is 0.202. The van der Waals surface area contributed by atoms with Crippen molar-refractivity contribution in [3.05, 3.63) is 83.3 Å². The van der Waals surface area contributed by atoms with E-state index >= 15 is 0 Å². The van der Waals surface area contributed by atoms with E-state index in [0.29, 0.717) is 23.4 Å². The van der Waals surface area contributed by atoms with Gasteiger partial charge in [-0.15, -0.1) is 0 Å². The highest BCUT2D eigenvalue weighted by Crippen LogP contribution is 2.45. The molecule has 4 aromatic heterocycles. The van der Waals surface area contributed by atoms with Crippen molar-refractivity contribution >= 4 is 44.0 Å². The molecular weight excluding hydrogens is 553 g/mol. The van der Waals surface area contributed by atoms with Crippen LogP contribution in [-0.4, -0.2) is 47.0 Å². The van der Waals surface area contributed by atoms with Crippen molar-refractivity contribution in [2.24, 2.45) is 0 Å². The molecule has 222 valence electrons. The van der Waals surface area contributed by atoms with Gasteiger partial charge in [-0.1, -0.05) is 36.4 Å². The molecule has 0 amide bonds. The average Bonchev–Trinajstić information content (AvgIpc) is 3.78. The summed E-state index contributed by atoms with van der Waals surface area (Å²) < 4.78 is 53.2. The normalized spacial score (nSPS) is 20.0. The van der Waals surface area contributed by atoms with Crippen LogP contribution in [0.4, 0.5) is 13.2 Å². The number of halogens is 3. The van der Waals surface area contributed by atoms with E-state index in [-0.39, 0.29) is 22.7 Å². The van der Waals surface area contributed by atoms with Gasteiger partial charge in [-0.05, 0) is 77.5 Å². The Morgan fingerprint density at radius 1 is 0.744 bits per heavy atom. The summed E-state index contributed by atoms with van der Waals surface area (Å²) in [5.74, 6) is 0. The number of aromatic nitrogens is 2. The molecule has 0 N–H and O–H groups in total. The van der Waals surface area contributed by atoms with Gasteiger partial charge in [0, 0.05) is 46.2 Å². The Hall–Kier alpha value is -3.95. The van der Waals surface area contributed by atoms with E-state index < -0.39 is 11.7 Å². The molecule has 9 heteroatoms. The summed E-state index contributed by atoms with van der Waals surface area (Å²) in [6.45, 7) is 3.98.